The molecule has 0 aliphatic rings. The summed E-state index contributed by atoms with van der Waals surface area (Å²) in [5.74, 6) is 5.40. The molecule has 2 heteroatoms. The normalized spacial score (nSPS) is 14.6. The van der Waals surface area contributed by atoms with Gasteiger partial charge >= 0.3 is 0 Å². The second-order valence-corrected chi connectivity index (χ2v) is 5.44. The maximum absolute atomic E-state index is 10.4. The zero-order chi connectivity index (χ0) is 14.1. The Kier molecular flexibility index (Phi) is 3.36. The van der Waals surface area contributed by atoms with Crippen LogP contribution in [0.4, 0.5) is 0 Å². The predicted molar refractivity (Wildman–Crippen MR) is 77.6 cm³/mol. The smallest absolute Gasteiger partial charge is 0.148 e. The molecule has 0 spiro atoms. The monoisotopic (exact) mass is 254 g/mol. The lowest BCUT2D eigenvalue weighted by Gasteiger charge is -2.18. The minimum Gasteiger partial charge on any atom is -0.378 e. The van der Waals surface area contributed by atoms with Gasteiger partial charge in [0, 0.05) is 0 Å². The fraction of sp³-hybridized carbons (Fsp3) is 0.294. The van der Waals surface area contributed by atoms with E-state index >= 15 is 0 Å². The second kappa shape index (κ2) is 4.70. The third-order valence-electron chi connectivity index (χ3n) is 2.92. The van der Waals surface area contributed by atoms with E-state index in [0.717, 1.165) is 16.3 Å². The molecule has 2 N–H and O–H groups in total. The van der Waals surface area contributed by atoms with Gasteiger partial charge in [-0.3, -0.25) is 0 Å². The third kappa shape index (κ3) is 3.35. The lowest BCUT2D eigenvalue weighted by molar-refractivity contribution is 0.116. The molecule has 0 aliphatic heterocycles. The van der Waals surface area contributed by atoms with Gasteiger partial charge < -0.3 is 10.2 Å². The molecule has 0 amide bonds. The Morgan fingerprint density at radius 3 is 2.11 bits per heavy atom. The molecule has 0 aromatic heterocycles. The van der Waals surface area contributed by atoms with Crippen LogP contribution in [-0.2, 0) is 5.60 Å². The van der Waals surface area contributed by atoms with Crippen molar-refractivity contribution in [1.29, 1.82) is 0 Å². The largest absolute Gasteiger partial charge is 0.378 e. The van der Waals surface area contributed by atoms with E-state index in [0.29, 0.717) is 0 Å². The minimum absolute atomic E-state index is 0.725. The Labute approximate surface area is 113 Å². The Hall–Kier alpha value is -1.82. The molecular formula is C17H18O2. The standard InChI is InChI=1S/C17H18O2/c1-16(2,18)10-11-17(3,19)15-9-8-13-6-4-5-7-14(13)12-15/h4-9,12,18-19H,1-3H3/t17-/m1/s1. The first-order valence-corrected chi connectivity index (χ1v) is 6.26. The van der Waals surface area contributed by atoms with Crippen LogP contribution in [0.3, 0.4) is 0 Å². The van der Waals surface area contributed by atoms with Crippen LogP contribution in [0, 0.1) is 11.8 Å². The van der Waals surface area contributed by atoms with Crippen molar-refractivity contribution in [2.24, 2.45) is 0 Å². The summed E-state index contributed by atoms with van der Waals surface area (Å²) >= 11 is 0. The summed E-state index contributed by atoms with van der Waals surface area (Å²) in [4.78, 5) is 0. The van der Waals surface area contributed by atoms with Crippen molar-refractivity contribution in [3.63, 3.8) is 0 Å². The summed E-state index contributed by atoms with van der Waals surface area (Å²) in [6.45, 7) is 4.82. The zero-order valence-corrected chi connectivity index (χ0v) is 11.4. The van der Waals surface area contributed by atoms with E-state index in [4.69, 9.17) is 0 Å². The van der Waals surface area contributed by atoms with E-state index < -0.39 is 11.2 Å². The second-order valence-electron chi connectivity index (χ2n) is 5.44. The van der Waals surface area contributed by atoms with Crippen LogP contribution < -0.4 is 0 Å². The van der Waals surface area contributed by atoms with Gasteiger partial charge in [-0.2, -0.15) is 0 Å². The summed E-state index contributed by atoms with van der Waals surface area (Å²) in [5, 5.41) is 22.2. The molecule has 0 unspecified atom stereocenters. The number of rotatable bonds is 1. The molecule has 0 saturated heterocycles. The van der Waals surface area contributed by atoms with Crippen molar-refractivity contribution < 1.29 is 10.2 Å². The van der Waals surface area contributed by atoms with Crippen LogP contribution in [0.15, 0.2) is 42.5 Å². The van der Waals surface area contributed by atoms with Gasteiger partial charge in [-0.25, -0.2) is 0 Å². The molecule has 19 heavy (non-hydrogen) atoms. The number of hydrogen-bond donors (Lipinski definition) is 2. The average Bonchev–Trinajstić information content (AvgIpc) is 2.35. The van der Waals surface area contributed by atoms with E-state index in [1.165, 1.54) is 0 Å². The van der Waals surface area contributed by atoms with Gasteiger partial charge in [0.05, 0.1) is 0 Å². The molecule has 2 aromatic carbocycles. The van der Waals surface area contributed by atoms with Crippen LogP contribution in [0.1, 0.15) is 26.3 Å². The topological polar surface area (TPSA) is 40.5 Å². The van der Waals surface area contributed by atoms with Crippen molar-refractivity contribution in [1.82, 2.24) is 0 Å². The molecular weight excluding hydrogens is 236 g/mol. The van der Waals surface area contributed by atoms with E-state index in [-0.39, 0.29) is 0 Å². The lowest BCUT2D eigenvalue weighted by atomic mass is 9.93. The van der Waals surface area contributed by atoms with Gasteiger partial charge in [0.2, 0.25) is 0 Å². The quantitative estimate of drug-likeness (QED) is 0.768. The van der Waals surface area contributed by atoms with Gasteiger partial charge in [0.1, 0.15) is 11.2 Å². The van der Waals surface area contributed by atoms with Gasteiger partial charge in [0.25, 0.3) is 0 Å². The van der Waals surface area contributed by atoms with E-state index in [1.54, 1.807) is 20.8 Å². The molecule has 1 atom stereocenters. The van der Waals surface area contributed by atoms with Crippen LogP contribution in [0.25, 0.3) is 10.8 Å². The van der Waals surface area contributed by atoms with Gasteiger partial charge in [-0.05, 0) is 43.2 Å². The highest BCUT2D eigenvalue weighted by Gasteiger charge is 2.21. The Morgan fingerprint density at radius 1 is 0.842 bits per heavy atom. The zero-order valence-electron chi connectivity index (χ0n) is 11.4. The van der Waals surface area contributed by atoms with Crippen LogP contribution in [0.5, 0.6) is 0 Å². The maximum atomic E-state index is 10.4. The Balaban J connectivity index is 2.45. The van der Waals surface area contributed by atoms with Crippen LogP contribution >= 0.6 is 0 Å². The summed E-state index contributed by atoms with van der Waals surface area (Å²) in [7, 11) is 0. The molecule has 2 aromatic rings. The molecule has 0 bridgehead atoms. The summed E-state index contributed by atoms with van der Waals surface area (Å²) < 4.78 is 0. The SMILES string of the molecule is CC(C)(O)C#C[C@@](C)(O)c1ccc2ccccc2c1. The molecule has 0 radical (unpaired) electrons. The van der Waals surface area contributed by atoms with Crippen molar-refractivity contribution >= 4 is 10.8 Å². The van der Waals surface area contributed by atoms with Gasteiger partial charge in [-0.1, -0.05) is 48.2 Å². The van der Waals surface area contributed by atoms with E-state index in [2.05, 4.69) is 11.8 Å². The number of fused-ring (bicyclic) bond motifs is 1. The highest BCUT2D eigenvalue weighted by atomic mass is 16.3. The third-order valence-corrected chi connectivity index (χ3v) is 2.92. The average molecular weight is 254 g/mol. The highest BCUT2D eigenvalue weighted by Crippen LogP contribution is 2.24. The van der Waals surface area contributed by atoms with E-state index in [1.807, 2.05) is 42.5 Å². The fourth-order valence-corrected chi connectivity index (χ4v) is 1.84. The molecule has 0 saturated carbocycles. The van der Waals surface area contributed by atoms with Crippen molar-refractivity contribution in [2.75, 3.05) is 0 Å². The Bertz CT molecular complexity index is 652. The first-order valence-electron chi connectivity index (χ1n) is 6.26. The molecule has 0 heterocycles. The van der Waals surface area contributed by atoms with Gasteiger partial charge in [-0.15, -0.1) is 0 Å². The maximum Gasteiger partial charge on any atom is 0.148 e. The fourth-order valence-electron chi connectivity index (χ4n) is 1.84. The van der Waals surface area contributed by atoms with Crippen LogP contribution in [-0.4, -0.2) is 15.8 Å². The molecule has 0 fully saturated rings. The summed E-state index contributed by atoms with van der Waals surface area (Å²) in [5.41, 5.74) is -1.66. The minimum atomic E-state index is -1.27. The number of hydrogen-bond acceptors (Lipinski definition) is 2. The summed E-state index contributed by atoms with van der Waals surface area (Å²) in [6, 6.07) is 13.7. The first kappa shape index (κ1) is 13.6. The Morgan fingerprint density at radius 2 is 1.47 bits per heavy atom. The summed E-state index contributed by atoms with van der Waals surface area (Å²) in [6.07, 6.45) is 0. The predicted octanol–water partition coefficient (Wildman–Crippen LogP) is 2.82. The van der Waals surface area contributed by atoms with Crippen molar-refractivity contribution in [2.45, 2.75) is 32.0 Å². The molecule has 2 rings (SSSR count). The highest BCUT2D eigenvalue weighted by molar-refractivity contribution is 5.83. The lowest BCUT2D eigenvalue weighted by Crippen LogP contribution is -2.22. The molecule has 98 valence electrons. The van der Waals surface area contributed by atoms with Crippen molar-refractivity contribution in [3.8, 4) is 11.8 Å². The van der Waals surface area contributed by atoms with E-state index in [9.17, 15) is 10.2 Å². The first-order chi connectivity index (χ1) is 8.78. The molecule has 0 aliphatic carbocycles. The van der Waals surface area contributed by atoms with Crippen LogP contribution in [0.2, 0.25) is 0 Å². The number of benzene rings is 2. The molecule has 2 nitrogen and oxygen atoms in total. The number of aliphatic hydroxyl groups is 2. The van der Waals surface area contributed by atoms with Gasteiger partial charge in [0.15, 0.2) is 0 Å². The van der Waals surface area contributed by atoms with Crippen molar-refractivity contribution in [3.05, 3.63) is 48.0 Å².